The summed E-state index contributed by atoms with van der Waals surface area (Å²) in [7, 11) is 0. The number of hydrogen-bond donors (Lipinski definition) is 2. The number of alkyl halides is 3. The molecule has 0 amide bonds. The van der Waals surface area contributed by atoms with Crippen molar-refractivity contribution in [1.82, 2.24) is 10.6 Å². The molecule has 0 fully saturated rings. The van der Waals surface area contributed by atoms with Gasteiger partial charge in [0.15, 0.2) is 5.96 Å². The molecule has 0 aliphatic carbocycles. The lowest BCUT2D eigenvalue weighted by Gasteiger charge is -2.08. The minimum atomic E-state index is -4.36. The third kappa shape index (κ3) is 7.66. The Morgan fingerprint density at radius 2 is 2.04 bits per heavy atom. The van der Waals surface area contributed by atoms with Crippen LogP contribution in [0.2, 0.25) is 0 Å². The molecule has 3 nitrogen and oxygen atoms in total. The van der Waals surface area contributed by atoms with E-state index in [1.165, 1.54) is 6.07 Å². The van der Waals surface area contributed by atoms with Gasteiger partial charge in [-0.1, -0.05) is 17.9 Å². The summed E-state index contributed by atoms with van der Waals surface area (Å²) >= 11 is 1.61. The molecule has 26 heavy (non-hydrogen) atoms. The fraction of sp³-hybridized carbons (Fsp3) is 0.278. The molecule has 0 aliphatic heterocycles. The van der Waals surface area contributed by atoms with E-state index < -0.39 is 11.7 Å². The van der Waals surface area contributed by atoms with Gasteiger partial charge in [0, 0.05) is 12.1 Å². The average Bonchev–Trinajstić information content (AvgIpc) is 3.09. The summed E-state index contributed by atoms with van der Waals surface area (Å²) in [5, 5.41) is 10.2. The summed E-state index contributed by atoms with van der Waals surface area (Å²) in [4.78, 5) is 4.43. The van der Waals surface area contributed by atoms with Crippen LogP contribution in [0.1, 0.15) is 23.6 Å². The topological polar surface area (TPSA) is 36.4 Å². The summed E-state index contributed by atoms with van der Waals surface area (Å²) in [5.74, 6) is 6.16. The molecule has 2 aromatic rings. The van der Waals surface area contributed by atoms with E-state index in [2.05, 4.69) is 27.5 Å². The Morgan fingerprint density at radius 3 is 2.69 bits per heavy atom. The monoisotopic (exact) mass is 493 g/mol. The first-order valence-corrected chi connectivity index (χ1v) is 8.62. The molecule has 1 aromatic heterocycles. The Bertz CT molecular complexity index is 762. The Kier molecular flexibility index (Phi) is 9.51. The van der Waals surface area contributed by atoms with Crippen molar-refractivity contribution in [2.45, 2.75) is 19.6 Å². The van der Waals surface area contributed by atoms with E-state index in [1.54, 1.807) is 17.4 Å². The van der Waals surface area contributed by atoms with Crippen molar-refractivity contribution < 1.29 is 13.2 Å². The lowest BCUT2D eigenvalue weighted by molar-refractivity contribution is -0.137. The maximum absolute atomic E-state index is 12.7. The predicted octanol–water partition coefficient (Wildman–Crippen LogP) is 4.49. The van der Waals surface area contributed by atoms with E-state index >= 15 is 0 Å². The SMILES string of the molecule is CCNC(=NCc1ccsc1)NCC#Cc1cccc(C(F)(F)F)c1.I. The Morgan fingerprint density at radius 1 is 1.23 bits per heavy atom. The van der Waals surface area contributed by atoms with Crippen molar-refractivity contribution in [3.63, 3.8) is 0 Å². The van der Waals surface area contributed by atoms with Gasteiger partial charge in [-0.05, 0) is 47.5 Å². The van der Waals surface area contributed by atoms with Crippen LogP contribution in [0, 0.1) is 11.8 Å². The highest BCUT2D eigenvalue weighted by Gasteiger charge is 2.30. The summed E-state index contributed by atoms with van der Waals surface area (Å²) in [6.45, 7) is 3.50. The van der Waals surface area contributed by atoms with Gasteiger partial charge >= 0.3 is 6.18 Å². The number of halogens is 4. The van der Waals surface area contributed by atoms with Crippen LogP contribution < -0.4 is 10.6 Å². The Hall–Kier alpha value is -1.73. The van der Waals surface area contributed by atoms with Crippen LogP contribution in [0.4, 0.5) is 13.2 Å². The minimum Gasteiger partial charge on any atom is -0.357 e. The second kappa shape index (κ2) is 11.1. The summed E-state index contributed by atoms with van der Waals surface area (Å²) < 4.78 is 38.0. The standard InChI is InChI=1S/C18H18F3N3S.HI/c1-2-22-17(24-12-15-8-10-25-13-15)23-9-4-6-14-5-3-7-16(11-14)18(19,20)21;/h3,5,7-8,10-11,13H,2,9,12H2,1H3,(H2,22,23,24);1H. The molecule has 1 heterocycles. The van der Waals surface area contributed by atoms with Crippen LogP contribution in [-0.2, 0) is 12.7 Å². The van der Waals surface area contributed by atoms with Gasteiger partial charge in [-0.15, -0.1) is 24.0 Å². The van der Waals surface area contributed by atoms with E-state index in [9.17, 15) is 13.2 Å². The number of benzene rings is 1. The van der Waals surface area contributed by atoms with Crippen molar-refractivity contribution in [1.29, 1.82) is 0 Å². The average molecular weight is 493 g/mol. The number of thiophene rings is 1. The van der Waals surface area contributed by atoms with Crippen LogP contribution in [0.25, 0.3) is 0 Å². The molecule has 0 saturated heterocycles. The smallest absolute Gasteiger partial charge is 0.357 e. The fourth-order valence-electron chi connectivity index (χ4n) is 1.94. The highest BCUT2D eigenvalue weighted by Crippen LogP contribution is 2.29. The maximum atomic E-state index is 12.7. The molecular formula is C18H19F3IN3S. The number of rotatable bonds is 4. The van der Waals surface area contributed by atoms with E-state index in [0.717, 1.165) is 17.7 Å². The third-order valence-corrected chi connectivity index (χ3v) is 3.84. The summed E-state index contributed by atoms with van der Waals surface area (Å²) in [6.07, 6.45) is -4.36. The lowest BCUT2D eigenvalue weighted by Crippen LogP contribution is -2.37. The quantitative estimate of drug-likeness (QED) is 0.285. The van der Waals surface area contributed by atoms with Crippen LogP contribution in [-0.4, -0.2) is 19.0 Å². The van der Waals surface area contributed by atoms with Gasteiger partial charge < -0.3 is 10.6 Å². The lowest BCUT2D eigenvalue weighted by atomic mass is 10.1. The molecule has 0 spiro atoms. The predicted molar refractivity (Wildman–Crippen MR) is 111 cm³/mol. The van der Waals surface area contributed by atoms with Crippen LogP contribution in [0.15, 0.2) is 46.1 Å². The number of guanidine groups is 1. The number of aliphatic imine (C=N–C) groups is 1. The molecular weight excluding hydrogens is 474 g/mol. The third-order valence-electron chi connectivity index (χ3n) is 3.11. The van der Waals surface area contributed by atoms with Crippen molar-refractivity contribution in [2.24, 2.45) is 4.99 Å². The number of hydrogen-bond acceptors (Lipinski definition) is 2. The van der Waals surface area contributed by atoms with Gasteiger partial charge in [0.2, 0.25) is 0 Å². The highest BCUT2D eigenvalue weighted by molar-refractivity contribution is 14.0. The first-order valence-electron chi connectivity index (χ1n) is 7.68. The van der Waals surface area contributed by atoms with Gasteiger partial charge in [0.1, 0.15) is 0 Å². The van der Waals surface area contributed by atoms with Crippen LogP contribution >= 0.6 is 35.3 Å². The number of nitrogens with one attached hydrogen (secondary N) is 2. The second-order valence-electron chi connectivity index (χ2n) is 5.06. The Labute approximate surface area is 172 Å². The van der Waals surface area contributed by atoms with Gasteiger partial charge in [0.05, 0.1) is 18.7 Å². The molecule has 0 aliphatic rings. The van der Waals surface area contributed by atoms with Gasteiger partial charge in [-0.2, -0.15) is 24.5 Å². The van der Waals surface area contributed by atoms with Crippen molar-refractivity contribution in [2.75, 3.05) is 13.1 Å². The normalized spacial score (nSPS) is 11.2. The Balaban J connectivity index is 0.00000338. The maximum Gasteiger partial charge on any atom is 0.416 e. The van der Waals surface area contributed by atoms with E-state index in [-0.39, 0.29) is 30.5 Å². The summed E-state index contributed by atoms with van der Waals surface area (Å²) in [6, 6.07) is 6.99. The van der Waals surface area contributed by atoms with Crippen LogP contribution in [0.3, 0.4) is 0 Å². The highest BCUT2D eigenvalue weighted by atomic mass is 127. The molecule has 0 atom stereocenters. The molecule has 2 N–H and O–H groups in total. The van der Waals surface area contributed by atoms with Crippen molar-refractivity contribution in [3.05, 3.63) is 57.8 Å². The van der Waals surface area contributed by atoms with E-state index in [4.69, 9.17) is 0 Å². The largest absolute Gasteiger partial charge is 0.416 e. The molecule has 8 heteroatoms. The molecule has 140 valence electrons. The first-order chi connectivity index (χ1) is 12.0. The zero-order valence-corrected chi connectivity index (χ0v) is 17.2. The van der Waals surface area contributed by atoms with Crippen molar-refractivity contribution >= 4 is 41.3 Å². The summed E-state index contributed by atoms with van der Waals surface area (Å²) in [5.41, 5.74) is 0.756. The first kappa shape index (κ1) is 22.3. The molecule has 0 unspecified atom stereocenters. The number of nitrogens with zero attached hydrogens (tertiary/aromatic N) is 1. The van der Waals surface area contributed by atoms with E-state index in [0.29, 0.717) is 24.6 Å². The van der Waals surface area contributed by atoms with Gasteiger partial charge in [0.25, 0.3) is 0 Å². The zero-order chi connectivity index (χ0) is 18.1. The molecule has 0 radical (unpaired) electrons. The molecule has 2 rings (SSSR count). The minimum absolute atomic E-state index is 0. The second-order valence-corrected chi connectivity index (χ2v) is 5.84. The zero-order valence-electron chi connectivity index (χ0n) is 14.1. The molecule has 0 bridgehead atoms. The fourth-order valence-corrected chi connectivity index (χ4v) is 2.60. The van der Waals surface area contributed by atoms with Crippen LogP contribution in [0.5, 0.6) is 0 Å². The molecule has 0 saturated carbocycles. The van der Waals surface area contributed by atoms with Gasteiger partial charge in [-0.3, -0.25) is 0 Å². The van der Waals surface area contributed by atoms with Crippen molar-refractivity contribution in [3.8, 4) is 11.8 Å². The van der Waals surface area contributed by atoms with Gasteiger partial charge in [-0.25, -0.2) is 4.99 Å². The molecule has 1 aromatic carbocycles. The van der Waals surface area contributed by atoms with E-state index in [1.807, 2.05) is 23.8 Å².